The molecule has 3 nitrogen and oxygen atoms in total. The molecule has 56 heavy (non-hydrogen) atoms. The number of rotatable bonds is 6. The highest BCUT2D eigenvalue weighted by atomic mass is 32.1. The van der Waals surface area contributed by atoms with Crippen LogP contribution in [0.3, 0.4) is 0 Å². The average molecular weight is 732 g/mol. The Morgan fingerprint density at radius 2 is 1.00 bits per heavy atom. The third-order valence-electron chi connectivity index (χ3n) is 10.8. The third kappa shape index (κ3) is 5.42. The summed E-state index contributed by atoms with van der Waals surface area (Å²) in [5.74, 6) is 0.716. The first-order chi connectivity index (χ1) is 27.8. The van der Waals surface area contributed by atoms with E-state index in [4.69, 9.17) is 9.97 Å². The second-order valence-electron chi connectivity index (χ2n) is 14.2. The lowest BCUT2D eigenvalue weighted by atomic mass is 9.96. The number of para-hydroxylation sites is 1. The standard InChI is InChI=1S/C52H33N3S/c1-4-15-34(16-5-1)36-19-12-21-39(31-36)49-51-50(43-25-10-11-28-47(43)56-51)54-52(53-49)40-22-13-20-38(32-40)42-26-14-27-46-48(42)44-33-37(35-17-6-2-7-18-35)29-30-45(44)55(46)41-23-8-3-9-24-41/h1-33H. The maximum atomic E-state index is 5.40. The topological polar surface area (TPSA) is 30.7 Å². The van der Waals surface area contributed by atoms with E-state index in [0.29, 0.717) is 5.82 Å². The van der Waals surface area contributed by atoms with Gasteiger partial charge < -0.3 is 4.57 Å². The molecule has 11 rings (SSSR count). The molecule has 262 valence electrons. The Bertz CT molecular complexity index is 3240. The van der Waals surface area contributed by atoms with Gasteiger partial charge in [-0.3, -0.25) is 0 Å². The highest BCUT2D eigenvalue weighted by Gasteiger charge is 2.20. The van der Waals surface area contributed by atoms with Crippen molar-refractivity contribution in [1.29, 1.82) is 0 Å². The van der Waals surface area contributed by atoms with Gasteiger partial charge >= 0.3 is 0 Å². The van der Waals surface area contributed by atoms with Gasteiger partial charge in [-0.15, -0.1) is 11.3 Å². The normalized spacial score (nSPS) is 11.6. The predicted molar refractivity (Wildman–Crippen MR) is 236 cm³/mol. The Hall–Kier alpha value is -7.14. The molecule has 0 spiro atoms. The van der Waals surface area contributed by atoms with Crippen LogP contribution in [0.5, 0.6) is 0 Å². The van der Waals surface area contributed by atoms with Gasteiger partial charge in [0.2, 0.25) is 0 Å². The van der Waals surface area contributed by atoms with Crippen LogP contribution in [0.15, 0.2) is 200 Å². The molecular weight excluding hydrogens is 699 g/mol. The van der Waals surface area contributed by atoms with E-state index in [1.807, 2.05) is 0 Å². The number of hydrogen-bond acceptors (Lipinski definition) is 3. The second kappa shape index (κ2) is 13.3. The molecule has 0 unspecified atom stereocenters. The molecule has 3 aromatic heterocycles. The summed E-state index contributed by atoms with van der Waals surface area (Å²) < 4.78 is 4.70. The maximum Gasteiger partial charge on any atom is 0.160 e. The van der Waals surface area contributed by atoms with Crippen molar-refractivity contribution in [1.82, 2.24) is 14.5 Å². The van der Waals surface area contributed by atoms with Crippen LogP contribution in [-0.2, 0) is 0 Å². The molecule has 4 heteroatoms. The van der Waals surface area contributed by atoms with Gasteiger partial charge in [0.1, 0.15) is 0 Å². The molecule has 0 amide bonds. The molecule has 0 saturated heterocycles. The van der Waals surface area contributed by atoms with Crippen molar-refractivity contribution >= 4 is 53.4 Å². The van der Waals surface area contributed by atoms with Gasteiger partial charge in [0.15, 0.2) is 5.82 Å². The molecule has 8 aromatic carbocycles. The van der Waals surface area contributed by atoms with Gasteiger partial charge in [-0.25, -0.2) is 9.97 Å². The lowest BCUT2D eigenvalue weighted by Gasteiger charge is -2.11. The number of fused-ring (bicyclic) bond motifs is 6. The summed E-state index contributed by atoms with van der Waals surface area (Å²) >= 11 is 1.76. The Morgan fingerprint density at radius 1 is 0.393 bits per heavy atom. The number of hydrogen-bond donors (Lipinski definition) is 0. The molecule has 0 atom stereocenters. The van der Waals surface area contributed by atoms with Crippen molar-refractivity contribution < 1.29 is 0 Å². The minimum atomic E-state index is 0.716. The Morgan fingerprint density at radius 3 is 1.79 bits per heavy atom. The highest BCUT2D eigenvalue weighted by Crippen LogP contribution is 2.43. The van der Waals surface area contributed by atoms with Gasteiger partial charge in [0, 0.05) is 37.7 Å². The summed E-state index contributed by atoms with van der Waals surface area (Å²) in [6.45, 7) is 0. The van der Waals surface area contributed by atoms with E-state index in [9.17, 15) is 0 Å². The molecule has 3 heterocycles. The van der Waals surface area contributed by atoms with Crippen molar-refractivity contribution in [3.63, 3.8) is 0 Å². The van der Waals surface area contributed by atoms with Crippen LogP contribution >= 0.6 is 11.3 Å². The van der Waals surface area contributed by atoms with E-state index >= 15 is 0 Å². The number of thiophene rings is 1. The predicted octanol–water partition coefficient (Wildman–Crippen LogP) is 14.3. The number of nitrogens with zero attached hydrogens (tertiary/aromatic N) is 3. The smallest absolute Gasteiger partial charge is 0.160 e. The van der Waals surface area contributed by atoms with Crippen molar-refractivity contribution in [3.05, 3.63) is 200 Å². The molecule has 0 N–H and O–H groups in total. The Balaban J connectivity index is 1.12. The SMILES string of the molecule is c1ccc(-c2cccc(-c3nc(-c4cccc(-c5cccc6c5c5cc(-c7ccccc7)ccc5n6-c5ccccc5)c4)nc4c3sc3ccccc34)c2)cc1. The van der Waals surface area contributed by atoms with Crippen molar-refractivity contribution in [3.8, 4) is 61.7 Å². The van der Waals surface area contributed by atoms with Gasteiger partial charge in [-0.1, -0.05) is 152 Å². The van der Waals surface area contributed by atoms with Crippen LogP contribution in [-0.4, -0.2) is 14.5 Å². The van der Waals surface area contributed by atoms with Crippen LogP contribution in [0.2, 0.25) is 0 Å². The average Bonchev–Trinajstić information content (AvgIpc) is 3.83. The van der Waals surface area contributed by atoms with E-state index in [2.05, 4.69) is 205 Å². The molecule has 0 aliphatic rings. The fourth-order valence-corrected chi connectivity index (χ4v) is 9.35. The molecule has 0 saturated carbocycles. The summed E-state index contributed by atoms with van der Waals surface area (Å²) in [5.41, 5.74) is 14.5. The van der Waals surface area contributed by atoms with Gasteiger partial charge in [0.05, 0.1) is 26.9 Å². The Labute approximate surface area is 328 Å². The summed E-state index contributed by atoms with van der Waals surface area (Å²) in [5, 5.41) is 3.59. The van der Waals surface area contributed by atoms with Crippen molar-refractivity contribution in [2.24, 2.45) is 0 Å². The lowest BCUT2D eigenvalue weighted by molar-refractivity contribution is 1.18. The lowest BCUT2D eigenvalue weighted by Crippen LogP contribution is -1.94. The fraction of sp³-hybridized carbons (Fsp3) is 0. The number of benzene rings is 8. The van der Waals surface area contributed by atoms with Crippen LogP contribution in [0, 0.1) is 0 Å². The fourth-order valence-electron chi connectivity index (χ4n) is 8.19. The summed E-state index contributed by atoms with van der Waals surface area (Å²) in [4.78, 5) is 10.7. The van der Waals surface area contributed by atoms with E-state index < -0.39 is 0 Å². The number of aromatic nitrogens is 3. The van der Waals surface area contributed by atoms with Crippen molar-refractivity contribution in [2.45, 2.75) is 0 Å². The molecule has 0 aliphatic carbocycles. The monoisotopic (exact) mass is 731 g/mol. The molecule has 11 aromatic rings. The van der Waals surface area contributed by atoms with Crippen LogP contribution in [0.25, 0.3) is 104 Å². The molecule has 0 aliphatic heterocycles. The molecular formula is C52H33N3S. The van der Waals surface area contributed by atoms with Gasteiger partial charge in [-0.2, -0.15) is 0 Å². The van der Waals surface area contributed by atoms with E-state index in [1.165, 1.54) is 48.8 Å². The van der Waals surface area contributed by atoms with Crippen LogP contribution < -0.4 is 0 Å². The summed E-state index contributed by atoms with van der Waals surface area (Å²) in [6, 6.07) is 71.5. The first-order valence-electron chi connectivity index (χ1n) is 18.9. The minimum absolute atomic E-state index is 0.716. The Kier molecular flexibility index (Phi) is 7.68. The zero-order valence-electron chi connectivity index (χ0n) is 30.3. The van der Waals surface area contributed by atoms with E-state index in [1.54, 1.807) is 11.3 Å². The minimum Gasteiger partial charge on any atom is -0.309 e. The van der Waals surface area contributed by atoms with Crippen LogP contribution in [0.4, 0.5) is 0 Å². The first kappa shape index (κ1) is 32.3. The van der Waals surface area contributed by atoms with E-state index in [-0.39, 0.29) is 0 Å². The van der Waals surface area contributed by atoms with Gasteiger partial charge in [-0.05, 0) is 81.9 Å². The summed E-state index contributed by atoms with van der Waals surface area (Å²) in [7, 11) is 0. The largest absolute Gasteiger partial charge is 0.309 e. The zero-order valence-corrected chi connectivity index (χ0v) is 31.1. The molecule has 0 fully saturated rings. The molecule has 0 bridgehead atoms. The molecule has 0 radical (unpaired) electrons. The highest BCUT2D eigenvalue weighted by molar-refractivity contribution is 7.26. The maximum absolute atomic E-state index is 5.40. The van der Waals surface area contributed by atoms with Crippen LogP contribution in [0.1, 0.15) is 0 Å². The third-order valence-corrected chi connectivity index (χ3v) is 12.0. The quantitative estimate of drug-likeness (QED) is 0.170. The zero-order chi connectivity index (χ0) is 37.0. The van der Waals surface area contributed by atoms with E-state index in [0.717, 1.165) is 49.2 Å². The van der Waals surface area contributed by atoms with Gasteiger partial charge in [0.25, 0.3) is 0 Å². The first-order valence-corrected chi connectivity index (χ1v) is 19.7. The van der Waals surface area contributed by atoms with Crippen molar-refractivity contribution in [2.75, 3.05) is 0 Å². The summed E-state index contributed by atoms with van der Waals surface area (Å²) in [6.07, 6.45) is 0. The second-order valence-corrected chi connectivity index (χ2v) is 15.2.